The van der Waals surface area contributed by atoms with Crippen LogP contribution in [0.4, 0.5) is 0 Å². The Morgan fingerprint density at radius 1 is 0.760 bits per heavy atom. The highest BCUT2D eigenvalue weighted by atomic mass is 16.7. The van der Waals surface area contributed by atoms with E-state index in [0.29, 0.717) is 12.8 Å². The normalized spacial score (nSPS) is 18.3. The molecule has 2 aromatic rings. The van der Waals surface area contributed by atoms with Gasteiger partial charge in [-0.3, -0.25) is 9.59 Å². The molecule has 2 aromatic carbocycles. The van der Waals surface area contributed by atoms with E-state index in [4.69, 9.17) is 9.47 Å². The number of hydrogen-bond acceptors (Lipinski definition) is 4. The molecule has 130 valence electrons. The number of carbonyl (C=O) groups is 2. The molecule has 0 N–H and O–H groups in total. The Hall–Kier alpha value is -2.62. The first-order valence-corrected chi connectivity index (χ1v) is 8.46. The molecule has 0 spiro atoms. The Labute approximate surface area is 147 Å². The van der Waals surface area contributed by atoms with Crippen molar-refractivity contribution in [1.82, 2.24) is 0 Å². The summed E-state index contributed by atoms with van der Waals surface area (Å²) in [6, 6.07) is 19.3. The van der Waals surface area contributed by atoms with Crippen molar-refractivity contribution >= 4 is 11.9 Å². The van der Waals surface area contributed by atoms with Crippen molar-refractivity contribution in [3.63, 3.8) is 0 Å². The lowest BCUT2D eigenvalue weighted by Gasteiger charge is -2.40. The number of aryl methyl sites for hydroxylation is 1. The molecule has 0 radical (unpaired) electrons. The van der Waals surface area contributed by atoms with Crippen LogP contribution in [0, 0.1) is 5.41 Å². The molecule has 1 fully saturated rings. The van der Waals surface area contributed by atoms with Crippen LogP contribution in [0.15, 0.2) is 60.7 Å². The number of rotatable bonds is 5. The molecule has 3 rings (SSSR count). The van der Waals surface area contributed by atoms with E-state index in [2.05, 4.69) is 0 Å². The lowest BCUT2D eigenvalue weighted by atomic mass is 9.76. The van der Waals surface area contributed by atoms with Gasteiger partial charge in [0.05, 0.1) is 0 Å². The Morgan fingerprint density at radius 2 is 1.24 bits per heavy atom. The lowest BCUT2D eigenvalue weighted by molar-refractivity contribution is -0.251. The van der Waals surface area contributed by atoms with Crippen LogP contribution >= 0.6 is 0 Å². The van der Waals surface area contributed by atoms with Gasteiger partial charge >= 0.3 is 11.9 Å². The van der Waals surface area contributed by atoms with Crippen LogP contribution in [-0.2, 0) is 31.9 Å². The van der Waals surface area contributed by atoms with Crippen molar-refractivity contribution in [1.29, 1.82) is 0 Å². The molecule has 1 aliphatic heterocycles. The summed E-state index contributed by atoms with van der Waals surface area (Å²) in [5, 5.41) is 0. The summed E-state index contributed by atoms with van der Waals surface area (Å²) < 4.78 is 10.9. The Balaban J connectivity index is 1.90. The predicted molar refractivity (Wildman–Crippen MR) is 93.6 cm³/mol. The molecule has 1 heterocycles. The van der Waals surface area contributed by atoms with Crippen molar-refractivity contribution < 1.29 is 19.1 Å². The van der Waals surface area contributed by atoms with Crippen molar-refractivity contribution in [2.45, 2.75) is 38.9 Å². The molecule has 1 aliphatic rings. The highest BCUT2D eigenvalue weighted by Gasteiger charge is 2.55. The summed E-state index contributed by atoms with van der Waals surface area (Å²) in [5.41, 5.74) is 0.664. The SMILES string of the molecule is CC1(C)OC(=O)C(CCc2ccccc2)(Cc2ccccc2)C(=O)O1. The summed E-state index contributed by atoms with van der Waals surface area (Å²) in [6.45, 7) is 3.15. The number of esters is 2. The fourth-order valence-electron chi connectivity index (χ4n) is 3.13. The van der Waals surface area contributed by atoms with Gasteiger partial charge < -0.3 is 9.47 Å². The molecule has 0 saturated carbocycles. The average Bonchev–Trinajstić information content (AvgIpc) is 2.58. The summed E-state index contributed by atoms with van der Waals surface area (Å²) in [4.78, 5) is 25.7. The minimum atomic E-state index is -1.31. The quantitative estimate of drug-likeness (QED) is 0.616. The molecule has 0 amide bonds. The van der Waals surface area contributed by atoms with Crippen LogP contribution in [0.2, 0.25) is 0 Å². The molecule has 0 bridgehead atoms. The molecule has 4 nitrogen and oxygen atoms in total. The highest BCUT2D eigenvalue weighted by Crippen LogP contribution is 2.39. The lowest BCUT2D eigenvalue weighted by Crippen LogP contribution is -2.55. The number of cyclic esters (lactones) is 2. The molecular weight excluding hydrogens is 316 g/mol. The largest absolute Gasteiger partial charge is 0.422 e. The van der Waals surface area contributed by atoms with E-state index in [9.17, 15) is 9.59 Å². The van der Waals surface area contributed by atoms with E-state index in [1.807, 2.05) is 60.7 Å². The van der Waals surface area contributed by atoms with Gasteiger partial charge in [-0.2, -0.15) is 0 Å². The number of hydrogen-bond donors (Lipinski definition) is 0. The van der Waals surface area contributed by atoms with Crippen LogP contribution in [0.25, 0.3) is 0 Å². The maximum absolute atomic E-state index is 12.8. The van der Waals surface area contributed by atoms with Crippen molar-refractivity contribution in [3.8, 4) is 0 Å². The topological polar surface area (TPSA) is 52.6 Å². The maximum Gasteiger partial charge on any atom is 0.327 e. The molecule has 0 unspecified atom stereocenters. The van der Waals surface area contributed by atoms with Gasteiger partial charge in [-0.1, -0.05) is 60.7 Å². The van der Waals surface area contributed by atoms with E-state index in [1.165, 1.54) is 0 Å². The first-order chi connectivity index (χ1) is 11.9. The summed E-state index contributed by atoms with van der Waals surface area (Å²) in [5.74, 6) is -2.23. The second-order valence-corrected chi connectivity index (χ2v) is 6.91. The molecule has 4 heteroatoms. The van der Waals surface area contributed by atoms with Gasteiger partial charge in [0.2, 0.25) is 0 Å². The van der Waals surface area contributed by atoms with Crippen LogP contribution in [0.1, 0.15) is 31.4 Å². The first-order valence-electron chi connectivity index (χ1n) is 8.46. The van der Waals surface area contributed by atoms with Gasteiger partial charge in [-0.25, -0.2) is 0 Å². The molecule has 25 heavy (non-hydrogen) atoms. The van der Waals surface area contributed by atoms with Crippen LogP contribution in [0.5, 0.6) is 0 Å². The highest BCUT2D eigenvalue weighted by molar-refractivity contribution is 6.02. The zero-order chi connectivity index (χ0) is 17.9. The number of benzene rings is 2. The summed E-state index contributed by atoms with van der Waals surface area (Å²) in [7, 11) is 0. The third-order valence-corrected chi connectivity index (χ3v) is 4.49. The predicted octanol–water partition coefficient (Wildman–Crippen LogP) is 3.68. The molecular formula is C21H22O4. The van der Waals surface area contributed by atoms with Gasteiger partial charge in [0.25, 0.3) is 5.79 Å². The van der Waals surface area contributed by atoms with E-state index in [1.54, 1.807) is 13.8 Å². The van der Waals surface area contributed by atoms with Crippen molar-refractivity contribution in [2.75, 3.05) is 0 Å². The van der Waals surface area contributed by atoms with Gasteiger partial charge in [0.1, 0.15) is 0 Å². The minimum Gasteiger partial charge on any atom is -0.422 e. The number of ether oxygens (including phenoxy) is 2. The standard InChI is InChI=1S/C21H22O4/c1-20(2)24-18(22)21(19(23)25-20,15-17-11-7-4-8-12-17)14-13-16-9-5-3-6-10-16/h3-12H,13-15H2,1-2H3. The Bertz CT molecular complexity index is 730. The molecule has 0 aromatic heterocycles. The van der Waals surface area contributed by atoms with E-state index in [-0.39, 0.29) is 6.42 Å². The third kappa shape index (κ3) is 3.73. The summed E-state index contributed by atoms with van der Waals surface area (Å²) >= 11 is 0. The molecule has 1 saturated heterocycles. The Kier molecular flexibility index (Phi) is 4.62. The van der Waals surface area contributed by atoms with E-state index < -0.39 is 23.1 Å². The Morgan fingerprint density at radius 3 is 1.76 bits per heavy atom. The second-order valence-electron chi connectivity index (χ2n) is 6.91. The fraction of sp³-hybridized carbons (Fsp3) is 0.333. The number of carbonyl (C=O) groups excluding carboxylic acids is 2. The van der Waals surface area contributed by atoms with Gasteiger partial charge in [0.15, 0.2) is 5.41 Å². The van der Waals surface area contributed by atoms with Crippen LogP contribution < -0.4 is 0 Å². The monoisotopic (exact) mass is 338 g/mol. The van der Waals surface area contributed by atoms with Crippen LogP contribution in [-0.4, -0.2) is 17.7 Å². The smallest absolute Gasteiger partial charge is 0.327 e. The van der Waals surface area contributed by atoms with Crippen molar-refractivity contribution in [2.24, 2.45) is 5.41 Å². The average molecular weight is 338 g/mol. The maximum atomic E-state index is 12.8. The van der Waals surface area contributed by atoms with Crippen LogP contribution in [0.3, 0.4) is 0 Å². The van der Waals surface area contributed by atoms with Crippen molar-refractivity contribution in [3.05, 3.63) is 71.8 Å². The summed E-state index contributed by atoms with van der Waals surface area (Å²) in [6.07, 6.45) is 1.21. The molecule has 0 atom stereocenters. The first kappa shape index (κ1) is 17.2. The third-order valence-electron chi connectivity index (χ3n) is 4.49. The molecule has 0 aliphatic carbocycles. The van der Waals surface area contributed by atoms with E-state index in [0.717, 1.165) is 11.1 Å². The van der Waals surface area contributed by atoms with Gasteiger partial charge in [0, 0.05) is 13.8 Å². The van der Waals surface area contributed by atoms with Gasteiger partial charge in [-0.15, -0.1) is 0 Å². The van der Waals surface area contributed by atoms with Gasteiger partial charge in [-0.05, 0) is 30.4 Å². The minimum absolute atomic E-state index is 0.272. The second kappa shape index (κ2) is 6.71. The van der Waals surface area contributed by atoms with E-state index >= 15 is 0 Å². The fourth-order valence-corrected chi connectivity index (χ4v) is 3.13. The zero-order valence-corrected chi connectivity index (χ0v) is 14.5. The zero-order valence-electron chi connectivity index (χ0n) is 14.5.